The lowest BCUT2D eigenvalue weighted by atomic mass is 10.1. The highest BCUT2D eigenvalue weighted by Crippen LogP contribution is 2.29. The van der Waals surface area contributed by atoms with Crippen LogP contribution in [0.3, 0.4) is 0 Å². The Morgan fingerprint density at radius 1 is 0.714 bits per heavy atom. The van der Waals surface area contributed by atoms with E-state index in [0.717, 1.165) is 36.6 Å². The van der Waals surface area contributed by atoms with Crippen LogP contribution in [-0.4, -0.2) is 13.2 Å². The molecule has 148 valence electrons. The minimum absolute atomic E-state index is 0. The molecule has 0 heterocycles. The van der Waals surface area contributed by atoms with Crippen LogP contribution >= 0.6 is 12.4 Å². The van der Waals surface area contributed by atoms with E-state index < -0.39 is 0 Å². The molecule has 0 unspecified atom stereocenters. The van der Waals surface area contributed by atoms with Crippen molar-refractivity contribution in [2.45, 2.75) is 26.5 Å². The van der Waals surface area contributed by atoms with E-state index in [9.17, 15) is 0 Å². The zero-order valence-electron chi connectivity index (χ0n) is 16.3. The highest BCUT2D eigenvalue weighted by Gasteiger charge is 2.07. The first kappa shape index (κ1) is 21.8. The van der Waals surface area contributed by atoms with E-state index in [1.54, 1.807) is 0 Å². The molecular weight excluding hydrogens is 370 g/mol. The number of hydrogen-bond donors (Lipinski definition) is 1. The standard InChI is InChI=1S/C24H27NO2.ClH/c1-2-26-24-17-22(18-25-16-15-20-9-5-3-6-10-20)13-14-23(24)27-19-21-11-7-4-8-12-21;/h3-14,17,25H,2,15-16,18-19H2,1H3;1H. The third kappa shape index (κ3) is 6.91. The number of nitrogens with one attached hydrogen (secondary N) is 1. The molecule has 0 aliphatic heterocycles. The number of hydrogen-bond acceptors (Lipinski definition) is 3. The first-order chi connectivity index (χ1) is 13.3. The lowest BCUT2D eigenvalue weighted by Gasteiger charge is -2.14. The van der Waals surface area contributed by atoms with Crippen LogP contribution in [0.25, 0.3) is 0 Å². The van der Waals surface area contributed by atoms with Gasteiger partial charge in [-0.15, -0.1) is 12.4 Å². The van der Waals surface area contributed by atoms with Gasteiger partial charge >= 0.3 is 0 Å². The minimum atomic E-state index is 0. The lowest BCUT2D eigenvalue weighted by molar-refractivity contribution is 0.269. The summed E-state index contributed by atoms with van der Waals surface area (Å²) in [7, 11) is 0. The van der Waals surface area contributed by atoms with E-state index in [4.69, 9.17) is 9.47 Å². The molecule has 4 heteroatoms. The van der Waals surface area contributed by atoms with Crippen molar-refractivity contribution in [3.05, 3.63) is 95.6 Å². The van der Waals surface area contributed by atoms with Gasteiger partial charge in [-0.2, -0.15) is 0 Å². The van der Waals surface area contributed by atoms with Gasteiger partial charge in [0.15, 0.2) is 11.5 Å². The van der Waals surface area contributed by atoms with Crippen molar-refractivity contribution in [1.82, 2.24) is 5.32 Å². The zero-order valence-corrected chi connectivity index (χ0v) is 17.1. The summed E-state index contributed by atoms with van der Waals surface area (Å²) < 4.78 is 11.8. The second-order valence-electron chi connectivity index (χ2n) is 6.40. The summed E-state index contributed by atoms with van der Waals surface area (Å²) in [6.07, 6.45) is 1.03. The Morgan fingerprint density at radius 2 is 1.39 bits per heavy atom. The summed E-state index contributed by atoms with van der Waals surface area (Å²) in [6, 6.07) is 26.9. The molecule has 3 rings (SSSR count). The van der Waals surface area contributed by atoms with Crippen molar-refractivity contribution in [1.29, 1.82) is 0 Å². The van der Waals surface area contributed by atoms with E-state index in [1.165, 1.54) is 11.1 Å². The predicted molar refractivity (Wildman–Crippen MR) is 117 cm³/mol. The van der Waals surface area contributed by atoms with Crippen molar-refractivity contribution in [3.8, 4) is 11.5 Å². The van der Waals surface area contributed by atoms with Gasteiger partial charge in [-0.05, 0) is 48.7 Å². The molecule has 0 amide bonds. The van der Waals surface area contributed by atoms with Gasteiger partial charge in [0, 0.05) is 6.54 Å². The van der Waals surface area contributed by atoms with Crippen LogP contribution in [0.5, 0.6) is 11.5 Å². The molecule has 0 aromatic heterocycles. The molecule has 0 saturated carbocycles. The Kier molecular flexibility index (Phi) is 9.40. The monoisotopic (exact) mass is 397 g/mol. The van der Waals surface area contributed by atoms with E-state index in [0.29, 0.717) is 13.2 Å². The van der Waals surface area contributed by atoms with Gasteiger partial charge in [-0.25, -0.2) is 0 Å². The number of benzene rings is 3. The van der Waals surface area contributed by atoms with Crippen molar-refractivity contribution in [2.75, 3.05) is 13.2 Å². The maximum atomic E-state index is 5.97. The molecule has 0 aliphatic carbocycles. The maximum Gasteiger partial charge on any atom is 0.161 e. The summed E-state index contributed by atoms with van der Waals surface area (Å²) in [6.45, 7) is 4.90. The molecule has 0 fully saturated rings. The summed E-state index contributed by atoms with van der Waals surface area (Å²) in [5.74, 6) is 1.59. The molecule has 0 atom stereocenters. The van der Waals surface area contributed by atoms with Crippen LogP contribution in [0.15, 0.2) is 78.9 Å². The number of rotatable bonds is 10. The normalized spacial score (nSPS) is 10.2. The van der Waals surface area contributed by atoms with E-state index in [1.807, 2.05) is 37.3 Å². The molecule has 28 heavy (non-hydrogen) atoms. The predicted octanol–water partition coefficient (Wildman–Crippen LogP) is 5.42. The molecule has 0 bridgehead atoms. The lowest BCUT2D eigenvalue weighted by Crippen LogP contribution is -2.16. The van der Waals surface area contributed by atoms with Crippen LogP contribution in [0, 0.1) is 0 Å². The van der Waals surface area contributed by atoms with Crippen molar-refractivity contribution in [2.24, 2.45) is 0 Å². The van der Waals surface area contributed by atoms with E-state index >= 15 is 0 Å². The van der Waals surface area contributed by atoms with Crippen molar-refractivity contribution < 1.29 is 9.47 Å². The van der Waals surface area contributed by atoms with Crippen LogP contribution in [0.2, 0.25) is 0 Å². The maximum absolute atomic E-state index is 5.97. The summed E-state index contributed by atoms with van der Waals surface area (Å²) in [5, 5.41) is 3.50. The highest BCUT2D eigenvalue weighted by atomic mass is 35.5. The molecule has 3 nitrogen and oxygen atoms in total. The molecule has 0 aliphatic rings. The Hall–Kier alpha value is -2.49. The van der Waals surface area contributed by atoms with Gasteiger partial charge in [0.05, 0.1) is 6.61 Å². The first-order valence-corrected chi connectivity index (χ1v) is 9.52. The molecule has 0 saturated heterocycles. The largest absolute Gasteiger partial charge is 0.490 e. The Balaban J connectivity index is 0.00000280. The second-order valence-corrected chi connectivity index (χ2v) is 6.40. The summed E-state index contributed by atoms with van der Waals surface area (Å²) in [4.78, 5) is 0. The fourth-order valence-electron chi connectivity index (χ4n) is 2.90. The zero-order chi connectivity index (χ0) is 18.7. The molecule has 0 spiro atoms. The van der Waals surface area contributed by atoms with Crippen molar-refractivity contribution >= 4 is 12.4 Å². The van der Waals surface area contributed by atoms with Gasteiger partial charge in [0.2, 0.25) is 0 Å². The summed E-state index contributed by atoms with van der Waals surface area (Å²) >= 11 is 0. The number of halogens is 1. The Labute approximate surface area is 174 Å². The molecule has 3 aromatic rings. The van der Waals surface area contributed by atoms with Crippen LogP contribution in [0.1, 0.15) is 23.6 Å². The van der Waals surface area contributed by atoms with E-state index in [-0.39, 0.29) is 12.4 Å². The van der Waals surface area contributed by atoms with Crippen LogP contribution in [-0.2, 0) is 19.6 Å². The van der Waals surface area contributed by atoms with Crippen LogP contribution < -0.4 is 14.8 Å². The Bertz CT molecular complexity index is 809. The Morgan fingerprint density at radius 3 is 2.07 bits per heavy atom. The van der Waals surface area contributed by atoms with Gasteiger partial charge in [0.25, 0.3) is 0 Å². The molecular formula is C24H28ClNO2. The smallest absolute Gasteiger partial charge is 0.161 e. The molecule has 3 aromatic carbocycles. The number of ether oxygens (including phenoxy) is 2. The van der Waals surface area contributed by atoms with Crippen LogP contribution in [0.4, 0.5) is 0 Å². The van der Waals surface area contributed by atoms with Gasteiger partial charge in [-0.3, -0.25) is 0 Å². The fourth-order valence-corrected chi connectivity index (χ4v) is 2.90. The van der Waals surface area contributed by atoms with E-state index in [2.05, 4.69) is 53.8 Å². The second kappa shape index (κ2) is 12.1. The fraction of sp³-hybridized carbons (Fsp3) is 0.250. The highest BCUT2D eigenvalue weighted by molar-refractivity contribution is 5.85. The average molecular weight is 398 g/mol. The molecule has 1 N–H and O–H groups in total. The third-order valence-electron chi connectivity index (χ3n) is 4.31. The summed E-state index contributed by atoms with van der Waals surface area (Å²) in [5.41, 5.74) is 3.69. The van der Waals surface area contributed by atoms with Gasteiger partial charge in [-0.1, -0.05) is 66.7 Å². The minimum Gasteiger partial charge on any atom is -0.490 e. The SMILES string of the molecule is CCOc1cc(CNCCc2ccccc2)ccc1OCc1ccccc1.Cl. The average Bonchev–Trinajstić information content (AvgIpc) is 2.72. The van der Waals surface area contributed by atoms with Crippen molar-refractivity contribution in [3.63, 3.8) is 0 Å². The first-order valence-electron chi connectivity index (χ1n) is 9.52. The molecule has 0 radical (unpaired) electrons. The topological polar surface area (TPSA) is 30.5 Å². The van der Waals surface area contributed by atoms with Gasteiger partial charge < -0.3 is 14.8 Å². The quantitative estimate of drug-likeness (QED) is 0.463. The third-order valence-corrected chi connectivity index (χ3v) is 4.31. The van der Waals surface area contributed by atoms with Gasteiger partial charge in [0.1, 0.15) is 6.61 Å².